The van der Waals surface area contributed by atoms with E-state index in [-0.39, 0.29) is 40.7 Å². The quantitative estimate of drug-likeness (QED) is 0.0321. The molecule has 1 heterocycles. The van der Waals surface area contributed by atoms with Crippen LogP contribution in [-0.4, -0.2) is 97.8 Å². The predicted octanol–water partition coefficient (Wildman–Crippen LogP) is 5.96. The number of carbonyl (C=O) groups excluding carboxylic acids is 1. The van der Waals surface area contributed by atoms with E-state index in [2.05, 4.69) is 177 Å². The molecular formula is C50H98NO12S-. The third-order valence-corrected chi connectivity index (χ3v) is 8.50. The minimum absolute atomic E-state index is 0. The van der Waals surface area contributed by atoms with Crippen molar-refractivity contribution in [3.63, 3.8) is 0 Å². The fourth-order valence-corrected chi connectivity index (χ4v) is 5.39. The molecule has 0 spiro atoms. The topological polar surface area (TPSA) is 207 Å². The molecule has 13 nitrogen and oxygen atoms in total. The van der Waals surface area contributed by atoms with Crippen LogP contribution in [0, 0.1) is 142 Å². The number of hydrogen-bond acceptors (Lipinski definition) is 13. The zero-order chi connectivity index (χ0) is 47.3. The Hall–Kier alpha value is -6.19. The van der Waals surface area contributed by atoms with E-state index in [1.54, 1.807) is 6.92 Å². The van der Waals surface area contributed by atoms with E-state index >= 15 is 0 Å². The number of amides is 1. The van der Waals surface area contributed by atoms with E-state index < -0.39 is 68.1 Å². The standard InChI is InChI=1S/C50H51NO11.OS.24H2/c1-3-5-7-9-11-13-15-17-18-19-20-21-22-23-24-25-26-27-29-31-33-35-37-39-45(54)51-42(41-59-50-48(57)49(61-62-58)47(56)44(40-52)60-50)46(55)43(53)38-36-34-32-30-28-16-14-12-10-8-6-4-2;1-2;;;;;;;;;;;;;;;;;;;;;;;;/h42-44,46-50,52-53,55-58H,4,6,8,10,12,14,16,28,30,32,34,36,38,40-41H2,1-2H3,(H,51,54);;24*1H/p-1/t42-,43+,44?,46-,47?,48?,49?,50?;;;;;;;;;;;;;;;;;;;;;;;;;/m0........................./s1. The highest BCUT2D eigenvalue weighted by Gasteiger charge is 2.47. The van der Waals surface area contributed by atoms with Gasteiger partial charge >= 0.3 is 0 Å². The van der Waals surface area contributed by atoms with Gasteiger partial charge in [0.1, 0.15) is 24.4 Å². The van der Waals surface area contributed by atoms with Crippen LogP contribution >= 0.6 is 0 Å². The number of carbonyl (C=O) groups is 1. The third-order valence-electron chi connectivity index (χ3n) is 8.50. The Morgan fingerprint density at radius 1 is 0.672 bits per heavy atom. The fourth-order valence-electron chi connectivity index (χ4n) is 5.39. The largest absolute Gasteiger partial charge is 0.692 e. The molecule has 382 valence electrons. The molecule has 64 heavy (non-hydrogen) atoms. The summed E-state index contributed by atoms with van der Waals surface area (Å²) in [7, 11) is 0. The fraction of sp³-hybridized carbons (Fsp3) is 0.500. The number of aliphatic hydroxyl groups excluding tert-OH is 5. The van der Waals surface area contributed by atoms with E-state index in [0.717, 1.165) is 25.7 Å². The van der Waals surface area contributed by atoms with Crippen LogP contribution in [-0.2, 0) is 36.7 Å². The molecule has 0 aromatic carbocycles. The molecule has 0 aromatic rings. The minimum atomic E-state index is -1.79. The summed E-state index contributed by atoms with van der Waals surface area (Å²) < 4.78 is 18.8. The van der Waals surface area contributed by atoms with E-state index in [4.69, 9.17) is 13.7 Å². The predicted molar refractivity (Wildman–Crippen MR) is 287 cm³/mol. The maximum absolute atomic E-state index is 12.7. The molecule has 1 fully saturated rings. The first-order valence-corrected chi connectivity index (χ1v) is 20.6. The lowest BCUT2D eigenvalue weighted by Gasteiger charge is -2.41. The molecule has 1 rings (SSSR count). The highest BCUT2D eigenvalue weighted by atomic mass is 32.1. The van der Waals surface area contributed by atoms with Crippen LogP contribution < -0.4 is 10.6 Å². The van der Waals surface area contributed by atoms with Crippen molar-refractivity contribution in [1.29, 1.82) is 0 Å². The zero-order valence-electron chi connectivity index (χ0n) is 35.7. The van der Waals surface area contributed by atoms with Crippen LogP contribution in [0.4, 0.5) is 0 Å². The molecule has 6 N–H and O–H groups in total. The molecule has 8 atom stereocenters. The second kappa shape index (κ2) is 42.1. The van der Waals surface area contributed by atoms with Crippen LogP contribution in [0.1, 0.15) is 132 Å². The lowest BCUT2D eigenvalue weighted by Crippen LogP contribution is -2.61. The molecule has 1 aliphatic heterocycles. The average Bonchev–Trinajstić information content (AvgIpc) is 3.30. The van der Waals surface area contributed by atoms with E-state index in [1.165, 1.54) is 44.9 Å². The van der Waals surface area contributed by atoms with Gasteiger partial charge in [-0.1, -0.05) is 89.9 Å². The first-order valence-electron chi connectivity index (χ1n) is 20.3. The van der Waals surface area contributed by atoms with Crippen LogP contribution in [0.5, 0.6) is 0 Å². The Morgan fingerprint density at radius 3 is 1.48 bits per heavy atom. The molecule has 0 aromatic heterocycles. The normalized spacial score (nSPS) is 17.1. The molecule has 0 aliphatic carbocycles. The maximum atomic E-state index is 12.7. The molecule has 0 radical (unpaired) electrons. The summed E-state index contributed by atoms with van der Waals surface area (Å²) in [4.78, 5) is 17.1. The number of rotatable bonds is 22. The number of ether oxygens (including phenoxy) is 2. The monoisotopic (exact) mass is 937 g/mol. The van der Waals surface area contributed by atoms with Gasteiger partial charge in [-0.3, -0.25) is 9.83 Å². The summed E-state index contributed by atoms with van der Waals surface area (Å²) in [6, 6.07) is -1.28. The van der Waals surface area contributed by atoms with Gasteiger partial charge in [0.15, 0.2) is 24.9 Å². The molecule has 0 bridgehead atoms. The molecule has 5 unspecified atom stereocenters. The first kappa shape index (κ1) is 57.8. The Morgan fingerprint density at radius 2 is 1.08 bits per heavy atom. The van der Waals surface area contributed by atoms with E-state index in [9.17, 15) is 35.6 Å². The van der Waals surface area contributed by atoms with Crippen LogP contribution in [0.15, 0.2) is 0 Å². The average molecular weight is 937 g/mol. The van der Waals surface area contributed by atoms with Crippen molar-refractivity contribution in [2.75, 3.05) is 13.2 Å². The minimum Gasteiger partial charge on any atom is -0.692 e. The third kappa shape index (κ3) is 30.0. The Labute approximate surface area is 418 Å². The molecule has 1 amide bonds. The molecule has 0 saturated carbocycles. The highest BCUT2D eigenvalue weighted by molar-refractivity contribution is 7.44. The van der Waals surface area contributed by atoms with E-state index in [0.29, 0.717) is 6.42 Å². The van der Waals surface area contributed by atoms with E-state index in [1.807, 2.05) is 0 Å². The van der Waals surface area contributed by atoms with Crippen LogP contribution in [0.3, 0.4) is 0 Å². The number of unbranched alkanes of at least 4 members (excludes halogenated alkanes) is 11. The van der Waals surface area contributed by atoms with Gasteiger partial charge in [0, 0.05) is 75.7 Å². The van der Waals surface area contributed by atoms with Crippen molar-refractivity contribution in [2.24, 2.45) is 0 Å². The molecule has 1 aliphatic rings. The zero-order valence-corrected chi connectivity index (χ0v) is 36.5. The van der Waals surface area contributed by atoms with Crippen molar-refractivity contribution >= 4 is 18.4 Å². The number of hydrogen-bond donors (Lipinski definition) is 6. The van der Waals surface area contributed by atoms with Crippen molar-refractivity contribution in [3.05, 3.63) is 0 Å². The van der Waals surface area contributed by atoms with Crippen molar-refractivity contribution < 1.29 is 93.4 Å². The lowest BCUT2D eigenvalue weighted by atomic mass is 9.98. The number of aliphatic hydroxyl groups is 5. The van der Waals surface area contributed by atoms with Gasteiger partial charge in [-0.15, -0.1) is 0 Å². The van der Waals surface area contributed by atoms with Crippen LogP contribution in [0.2, 0.25) is 0 Å². The first-order chi connectivity index (χ1) is 31.3. The van der Waals surface area contributed by atoms with Gasteiger partial charge in [0.2, 0.25) is 0 Å². The second-order valence-electron chi connectivity index (χ2n) is 13.1. The highest BCUT2D eigenvalue weighted by Crippen LogP contribution is 2.25. The summed E-state index contributed by atoms with van der Waals surface area (Å²) in [5.41, 5.74) is 0. The molecule has 1 saturated heterocycles. The molecular weight excluding hydrogens is 839 g/mol. The summed E-state index contributed by atoms with van der Waals surface area (Å²) in [6.07, 6.45) is 2.87. The summed E-state index contributed by atoms with van der Waals surface area (Å²) in [5, 5.41) is 68.8. The van der Waals surface area contributed by atoms with Gasteiger partial charge in [0.05, 0.1) is 25.4 Å². The van der Waals surface area contributed by atoms with Gasteiger partial charge in [-0.2, -0.15) is 4.21 Å². The van der Waals surface area contributed by atoms with Gasteiger partial charge in [-0.25, -0.2) is 4.89 Å². The summed E-state index contributed by atoms with van der Waals surface area (Å²) in [5.74, 6) is 58.2. The summed E-state index contributed by atoms with van der Waals surface area (Å²) >= 11 is 2.83. The maximum Gasteiger partial charge on any atom is 0.297 e. The van der Waals surface area contributed by atoms with Gasteiger partial charge in [-0.05, 0) is 108 Å². The SMILES string of the molecule is CC#CC#CC#CC#CC#CC#CC#CC#CC#CC#CC#CC#CC(=O)N[C@@H](COC1OC(CO)C(O)C(OO[O-])C1O)[C@H](O)[C@H](O)CCCCCCCCCCCCCC.O=S.[HH].[HH].[HH].[HH].[HH].[HH].[HH].[HH].[HH].[HH].[HH].[HH].[HH].[HH].[HH].[HH].[HH].[HH].[HH].[HH].[HH].[HH].[HH].[HH]. The van der Waals surface area contributed by atoms with Crippen LogP contribution in [0.25, 0.3) is 0 Å². The second-order valence-corrected chi connectivity index (χ2v) is 13.1. The number of nitrogens with one attached hydrogen (secondary N) is 1. The van der Waals surface area contributed by atoms with Crippen molar-refractivity contribution in [3.8, 4) is 142 Å². The molecule has 14 heteroatoms. The smallest absolute Gasteiger partial charge is 0.297 e. The van der Waals surface area contributed by atoms with Crippen molar-refractivity contribution in [1.82, 2.24) is 5.32 Å². The van der Waals surface area contributed by atoms with Gasteiger partial charge in [0.25, 0.3) is 5.91 Å². The summed E-state index contributed by atoms with van der Waals surface area (Å²) in [6.45, 7) is 2.60. The Bertz CT molecular complexity index is 2280. The Balaban J connectivity index is -0.0000000656. The Kier molecular flexibility index (Phi) is 38.1. The van der Waals surface area contributed by atoms with Crippen molar-refractivity contribution in [2.45, 2.75) is 146 Å². The van der Waals surface area contributed by atoms with Gasteiger partial charge < -0.3 is 45.6 Å². The lowest BCUT2D eigenvalue weighted by molar-refractivity contribution is -0.808.